The van der Waals surface area contributed by atoms with Crippen LogP contribution >= 0.6 is 35.3 Å². The summed E-state index contributed by atoms with van der Waals surface area (Å²) in [5, 5.41) is 3.05. The van der Waals surface area contributed by atoms with Crippen molar-refractivity contribution in [3.8, 4) is 0 Å². The van der Waals surface area contributed by atoms with Crippen molar-refractivity contribution in [3.05, 3.63) is 21.4 Å². The molecule has 2 heterocycles. The summed E-state index contributed by atoms with van der Waals surface area (Å²) in [5.41, 5.74) is 6.58. The highest BCUT2D eigenvalue weighted by atomic mass is 32.2. The molecule has 2 rings (SSSR count). The molecule has 0 atom stereocenters. The zero-order valence-corrected chi connectivity index (χ0v) is 14.3. The summed E-state index contributed by atoms with van der Waals surface area (Å²) < 4.78 is 0. The SMILES string of the molecule is CCC(CC)(NC(=O)c1cc2c(s1)CCSC2)C(N)=S. The Morgan fingerprint density at radius 2 is 2.20 bits per heavy atom. The molecule has 3 N–H and O–H groups in total. The molecule has 0 unspecified atom stereocenters. The molecule has 0 saturated carbocycles. The zero-order chi connectivity index (χ0) is 14.8. The van der Waals surface area contributed by atoms with E-state index in [1.165, 1.54) is 10.4 Å². The fourth-order valence-electron chi connectivity index (χ4n) is 2.37. The van der Waals surface area contributed by atoms with Crippen LogP contribution in [0.15, 0.2) is 6.07 Å². The summed E-state index contributed by atoms with van der Waals surface area (Å²) >= 11 is 8.68. The fraction of sp³-hybridized carbons (Fsp3) is 0.571. The summed E-state index contributed by atoms with van der Waals surface area (Å²) in [6.45, 7) is 4.00. The van der Waals surface area contributed by atoms with E-state index in [0.29, 0.717) is 17.8 Å². The van der Waals surface area contributed by atoms with Crippen molar-refractivity contribution in [1.82, 2.24) is 5.32 Å². The molecule has 6 heteroatoms. The number of nitrogens with one attached hydrogen (secondary N) is 1. The third kappa shape index (κ3) is 3.02. The number of hydrogen-bond donors (Lipinski definition) is 2. The predicted octanol–water partition coefficient (Wildman–Crippen LogP) is 3.11. The van der Waals surface area contributed by atoms with Gasteiger partial charge in [0.05, 0.1) is 15.4 Å². The Labute approximate surface area is 133 Å². The van der Waals surface area contributed by atoms with Gasteiger partial charge in [-0.25, -0.2) is 0 Å². The molecule has 1 aromatic rings. The summed E-state index contributed by atoms with van der Waals surface area (Å²) in [7, 11) is 0. The van der Waals surface area contributed by atoms with Crippen molar-refractivity contribution < 1.29 is 4.79 Å². The number of fused-ring (bicyclic) bond motifs is 1. The smallest absolute Gasteiger partial charge is 0.262 e. The predicted molar refractivity (Wildman–Crippen MR) is 91.7 cm³/mol. The van der Waals surface area contributed by atoms with Gasteiger partial charge in [0.2, 0.25) is 0 Å². The van der Waals surface area contributed by atoms with Gasteiger partial charge in [-0.3, -0.25) is 4.79 Å². The van der Waals surface area contributed by atoms with Gasteiger partial charge in [0, 0.05) is 10.6 Å². The third-order valence-corrected chi connectivity index (χ3v) is 6.52. The molecule has 0 saturated heterocycles. The second-order valence-electron chi connectivity index (χ2n) is 4.97. The van der Waals surface area contributed by atoms with E-state index in [-0.39, 0.29) is 5.91 Å². The van der Waals surface area contributed by atoms with E-state index in [2.05, 4.69) is 5.32 Å². The molecule has 0 spiro atoms. The van der Waals surface area contributed by atoms with Crippen LogP contribution in [0.2, 0.25) is 0 Å². The van der Waals surface area contributed by atoms with E-state index >= 15 is 0 Å². The molecule has 0 radical (unpaired) electrons. The van der Waals surface area contributed by atoms with E-state index in [0.717, 1.165) is 22.8 Å². The van der Waals surface area contributed by atoms with Crippen LogP contribution in [-0.2, 0) is 12.2 Å². The maximum atomic E-state index is 12.5. The van der Waals surface area contributed by atoms with Crippen molar-refractivity contribution in [2.24, 2.45) is 5.73 Å². The topological polar surface area (TPSA) is 55.1 Å². The van der Waals surface area contributed by atoms with Gasteiger partial charge in [-0.05, 0) is 36.6 Å². The first-order valence-corrected chi connectivity index (χ1v) is 9.22. The van der Waals surface area contributed by atoms with Gasteiger partial charge in [0.25, 0.3) is 5.91 Å². The number of rotatable bonds is 5. The summed E-state index contributed by atoms with van der Waals surface area (Å²) in [6.07, 6.45) is 2.50. The molecule has 1 aliphatic rings. The van der Waals surface area contributed by atoms with E-state index in [1.807, 2.05) is 31.7 Å². The number of thiophene rings is 1. The van der Waals surface area contributed by atoms with Crippen molar-refractivity contribution in [2.45, 2.75) is 44.4 Å². The highest BCUT2D eigenvalue weighted by Gasteiger charge is 2.32. The lowest BCUT2D eigenvalue weighted by molar-refractivity contribution is 0.0924. The highest BCUT2D eigenvalue weighted by molar-refractivity contribution is 7.98. The number of aryl methyl sites for hydroxylation is 1. The zero-order valence-electron chi connectivity index (χ0n) is 11.8. The molecular formula is C14H20N2OS3. The van der Waals surface area contributed by atoms with Crippen LogP contribution in [0.25, 0.3) is 0 Å². The lowest BCUT2D eigenvalue weighted by atomic mass is 9.92. The lowest BCUT2D eigenvalue weighted by Crippen LogP contribution is -2.55. The van der Waals surface area contributed by atoms with Gasteiger partial charge in [0.1, 0.15) is 0 Å². The first-order valence-electron chi connectivity index (χ1n) is 6.84. The van der Waals surface area contributed by atoms with Gasteiger partial charge >= 0.3 is 0 Å². The Balaban J connectivity index is 2.19. The molecule has 0 fully saturated rings. The minimum Gasteiger partial charge on any atom is -0.391 e. The Kier molecular flexibility index (Phi) is 5.09. The van der Waals surface area contributed by atoms with E-state index in [9.17, 15) is 4.79 Å². The second-order valence-corrected chi connectivity index (χ2v) is 7.65. The number of hydrogen-bond acceptors (Lipinski definition) is 4. The van der Waals surface area contributed by atoms with Crippen molar-refractivity contribution in [1.29, 1.82) is 0 Å². The number of thioether (sulfide) groups is 1. The van der Waals surface area contributed by atoms with Crippen LogP contribution in [-0.4, -0.2) is 22.2 Å². The minimum absolute atomic E-state index is 0.0501. The normalized spacial score (nSPS) is 14.7. The third-order valence-electron chi connectivity index (χ3n) is 3.88. The van der Waals surface area contributed by atoms with Gasteiger partial charge in [-0.1, -0.05) is 26.1 Å². The summed E-state index contributed by atoms with van der Waals surface area (Å²) in [5.74, 6) is 2.11. The maximum absolute atomic E-state index is 12.5. The molecule has 0 bridgehead atoms. The number of amides is 1. The summed E-state index contributed by atoms with van der Waals surface area (Å²) in [4.78, 5) is 15.0. The van der Waals surface area contributed by atoms with Crippen molar-refractivity contribution in [2.75, 3.05) is 5.75 Å². The highest BCUT2D eigenvalue weighted by Crippen LogP contribution is 2.32. The van der Waals surface area contributed by atoms with Crippen LogP contribution in [0.1, 0.15) is 46.8 Å². The number of nitrogens with two attached hydrogens (primary N) is 1. The monoisotopic (exact) mass is 328 g/mol. The van der Waals surface area contributed by atoms with Gasteiger partial charge in [0.15, 0.2) is 0 Å². The van der Waals surface area contributed by atoms with Crippen molar-refractivity contribution >= 4 is 46.2 Å². The molecule has 1 aromatic heterocycles. The largest absolute Gasteiger partial charge is 0.391 e. The summed E-state index contributed by atoms with van der Waals surface area (Å²) in [6, 6.07) is 2.02. The molecule has 20 heavy (non-hydrogen) atoms. The molecule has 0 aliphatic carbocycles. The van der Waals surface area contributed by atoms with Crippen LogP contribution < -0.4 is 11.1 Å². The average molecular weight is 329 g/mol. The van der Waals surface area contributed by atoms with Crippen LogP contribution in [0.3, 0.4) is 0 Å². The second kappa shape index (κ2) is 6.45. The number of thiocarbonyl (C=S) groups is 1. The first-order chi connectivity index (χ1) is 9.52. The Hall–Kier alpha value is -0.590. The Morgan fingerprint density at radius 3 is 2.75 bits per heavy atom. The quantitative estimate of drug-likeness (QED) is 0.816. The van der Waals surface area contributed by atoms with Crippen LogP contribution in [0.4, 0.5) is 0 Å². The van der Waals surface area contributed by atoms with Gasteiger partial charge in [-0.15, -0.1) is 11.3 Å². The standard InChI is InChI=1S/C14H20N2OS3/c1-3-14(4-2,13(15)18)16-12(17)11-7-9-8-19-6-5-10(9)20-11/h7H,3-6,8H2,1-2H3,(H2,15,18)(H,16,17). The molecule has 1 amide bonds. The van der Waals surface area contributed by atoms with E-state index in [4.69, 9.17) is 18.0 Å². The minimum atomic E-state index is -0.564. The van der Waals surface area contributed by atoms with Crippen LogP contribution in [0, 0.1) is 0 Å². The molecule has 3 nitrogen and oxygen atoms in total. The van der Waals surface area contributed by atoms with E-state index in [1.54, 1.807) is 11.3 Å². The van der Waals surface area contributed by atoms with Crippen LogP contribution in [0.5, 0.6) is 0 Å². The van der Waals surface area contributed by atoms with Gasteiger partial charge < -0.3 is 11.1 Å². The molecular weight excluding hydrogens is 308 g/mol. The number of carbonyl (C=O) groups is 1. The molecule has 110 valence electrons. The number of carbonyl (C=O) groups excluding carboxylic acids is 1. The maximum Gasteiger partial charge on any atom is 0.262 e. The lowest BCUT2D eigenvalue weighted by Gasteiger charge is -2.31. The Bertz CT molecular complexity index is 497. The molecule has 0 aromatic carbocycles. The van der Waals surface area contributed by atoms with Gasteiger partial charge in [-0.2, -0.15) is 11.8 Å². The fourth-order valence-corrected chi connectivity index (χ4v) is 4.98. The first kappa shape index (κ1) is 15.8. The Morgan fingerprint density at radius 1 is 1.50 bits per heavy atom. The van der Waals surface area contributed by atoms with E-state index < -0.39 is 5.54 Å². The van der Waals surface area contributed by atoms with Crippen molar-refractivity contribution in [3.63, 3.8) is 0 Å². The average Bonchev–Trinajstić information content (AvgIpc) is 2.88. The molecule has 1 aliphatic heterocycles.